The van der Waals surface area contributed by atoms with Gasteiger partial charge in [-0.15, -0.1) is 0 Å². The van der Waals surface area contributed by atoms with Crippen LogP contribution in [0.2, 0.25) is 4.47 Å². The molecule has 0 N–H and O–H groups in total. The number of thiazole rings is 1. The minimum absolute atomic E-state index is 0.0481. The molecule has 0 aromatic carbocycles. The number of hydrogen-bond acceptors (Lipinski definition) is 6. The summed E-state index contributed by atoms with van der Waals surface area (Å²) in [5, 5.41) is 8.66. The third kappa shape index (κ3) is 3.37. The summed E-state index contributed by atoms with van der Waals surface area (Å²) in [6.07, 6.45) is 2.77. The molecule has 0 radical (unpaired) electrons. The van der Waals surface area contributed by atoms with E-state index in [4.69, 9.17) is 21.3 Å². The van der Waals surface area contributed by atoms with E-state index in [9.17, 15) is 8.42 Å². The fourth-order valence-electron chi connectivity index (χ4n) is 1.52. The number of furan rings is 1. The van der Waals surface area contributed by atoms with Crippen LogP contribution in [0.1, 0.15) is 12.2 Å². The normalized spacial score (nSPS) is 11.7. The van der Waals surface area contributed by atoms with E-state index in [0.717, 1.165) is 11.3 Å². The van der Waals surface area contributed by atoms with Gasteiger partial charge in [0.25, 0.3) is 10.0 Å². The second-order valence-electron chi connectivity index (χ2n) is 3.76. The van der Waals surface area contributed by atoms with Crippen LogP contribution in [0, 0.1) is 11.3 Å². The molecule has 0 aliphatic carbocycles. The number of rotatable bonds is 6. The first-order valence-electron chi connectivity index (χ1n) is 5.55. The van der Waals surface area contributed by atoms with Gasteiger partial charge in [-0.2, -0.15) is 9.57 Å². The number of nitriles is 1. The minimum Gasteiger partial charge on any atom is -0.468 e. The lowest BCUT2D eigenvalue weighted by Gasteiger charge is -2.18. The Labute approximate surface area is 125 Å². The Kier molecular flexibility index (Phi) is 4.77. The lowest BCUT2D eigenvalue weighted by Crippen LogP contribution is -2.30. The molecule has 2 aromatic heterocycles. The van der Waals surface area contributed by atoms with Crippen molar-refractivity contribution in [3.8, 4) is 6.07 Å². The highest BCUT2D eigenvalue weighted by molar-refractivity contribution is 7.91. The van der Waals surface area contributed by atoms with E-state index in [1.165, 1.54) is 16.8 Å². The van der Waals surface area contributed by atoms with Crippen molar-refractivity contribution >= 4 is 33.0 Å². The molecule has 0 unspecified atom stereocenters. The van der Waals surface area contributed by atoms with Crippen molar-refractivity contribution in [1.82, 2.24) is 9.29 Å². The minimum atomic E-state index is -3.73. The summed E-state index contributed by atoms with van der Waals surface area (Å²) in [5.41, 5.74) is 0. The summed E-state index contributed by atoms with van der Waals surface area (Å²) in [5.74, 6) is 0.502. The van der Waals surface area contributed by atoms with E-state index in [1.807, 2.05) is 6.07 Å². The van der Waals surface area contributed by atoms with Crippen molar-refractivity contribution in [3.05, 3.63) is 34.8 Å². The van der Waals surface area contributed by atoms with Crippen LogP contribution >= 0.6 is 22.9 Å². The van der Waals surface area contributed by atoms with Gasteiger partial charge in [-0.25, -0.2) is 13.4 Å². The van der Waals surface area contributed by atoms with Crippen LogP contribution in [-0.2, 0) is 16.6 Å². The molecule has 2 heterocycles. The fraction of sp³-hybridized carbons (Fsp3) is 0.273. The molecule has 20 heavy (non-hydrogen) atoms. The van der Waals surface area contributed by atoms with E-state index in [0.29, 0.717) is 5.76 Å². The van der Waals surface area contributed by atoms with Crippen LogP contribution in [0.15, 0.2) is 33.2 Å². The van der Waals surface area contributed by atoms with Crippen molar-refractivity contribution in [1.29, 1.82) is 5.26 Å². The fourth-order valence-corrected chi connectivity index (χ4v) is 4.38. The third-order valence-corrected chi connectivity index (χ3v) is 5.83. The summed E-state index contributed by atoms with van der Waals surface area (Å²) in [7, 11) is -3.73. The van der Waals surface area contributed by atoms with Gasteiger partial charge in [0.2, 0.25) is 0 Å². The number of hydrogen-bond donors (Lipinski definition) is 0. The maximum atomic E-state index is 12.5. The van der Waals surface area contributed by atoms with Gasteiger partial charge in [0, 0.05) is 13.0 Å². The van der Waals surface area contributed by atoms with Gasteiger partial charge in [-0.1, -0.05) is 22.9 Å². The average Bonchev–Trinajstić information content (AvgIpc) is 3.05. The Balaban J connectivity index is 2.27. The highest BCUT2D eigenvalue weighted by atomic mass is 35.5. The van der Waals surface area contributed by atoms with Gasteiger partial charge in [0.05, 0.1) is 25.1 Å². The maximum absolute atomic E-state index is 12.5. The molecule has 0 atom stereocenters. The van der Waals surface area contributed by atoms with Crippen molar-refractivity contribution in [2.45, 2.75) is 17.2 Å². The first kappa shape index (κ1) is 15.0. The van der Waals surface area contributed by atoms with E-state index in [-0.39, 0.29) is 28.2 Å². The molecule has 9 heteroatoms. The Morgan fingerprint density at radius 3 is 2.90 bits per heavy atom. The summed E-state index contributed by atoms with van der Waals surface area (Å²) < 4.78 is 31.5. The quantitative estimate of drug-likeness (QED) is 0.811. The van der Waals surface area contributed by atoms with Crippen molar-refractivity contribution in [3.63, 3.8) is 0 Å². The molecule has 2 rings (SSSR count). The van der Waals surface area contributed by atoms with Crippen LogP contribution in [0.5, 0.6) is 0 Å². The van der Waals surface area contributed by atoms with Crippen molar-refractivity contribution < 1.29 is 12.8 Å². The lowest BCUT2D eigenvalue weighted by atomic mass is 10.4. The van der Waals surface area contributed by atoms with Gasteiger partial charge in [0.1, 0.15) is 5.76 Å². The Morgan fingerprint density at radius 2 is 2.35 bits per heavy atom. The van der Waals surface area contributed by atoms with Gasteiger partial charge in [0.15, 0.2) is 8.68 Å². The summed E-state index contributed by atoms with van der Waals surface area (Å²) >= 11 is 6.55. The zero-order valence-corrected chi connectivity index (χ0v) is 12.6. The van der Waals surface area contributed by atoms with Crippen LogP contribution in [0.25, 0.3) is 0 Å². The first-order valence-corrected chi connectivity index (χ1v) is 8.18. The number of nitrogens with zero attached hydrogens (tertiary/aromatic N) is 3. The van der Waals surface area contributed by atoms with Crippen molar-refractivity contribution in [2.24, 2.45) is 0 Å². The van der Waals surface area contributed by atoms with Gasteiger partial charge in [-0.05, 0) is 12.1 Å². The molecule has 6 nitrogen and oxygen atoms in total. The van der Waals surface area contributed by atoms with E-state index < -0.39 is 10.0 Å². The standard InChI is InChI=1S/C11H10ClN3O3S2/c12-11-14-7-10(19-11)20(16,17)15(5-2-4-13)8-9-3-1-6-18-9/h1,3,6-7H,2,5,8H2. The molecule has 0 saturated heterocycles. The zero-order valence-electron chi connectivity index (χ0n) is 10.2. The topological polar surface area (TPSA) is 87.2 Å². The third-order valence-electron chi connectivity index (χ3n) is 2.44. The Morgan fingerprint density at radius 1 is 1.55 bits per heavy atom. The van der Waals surface area contributed by atoms with Crippen molar-refractivity contribution in [2.75, 3.05) is 6.54 Å². The van der Waals surface area contributed by atoms with Gasteiger partial charge >= 0.3 is 0 Å². The molecule has 0 amide bonds. The molecule has 106 valence electrons. The molecule has 0 aliphatic rings. The molecular weight excluding hydrogens is 322 g/mol. The zero-order chi connectivity index (χ0) is 14.6. The lowest BCUT2D eigenvalue weighted by molar-refractivity contribution is 0.369. The van der Waals surface area contributed by atoms with E-state index >= 15 is 0 Å². The monoisotopic (exact) mass is 331 g/mol. The smallest absolute Gasteiger partial charge is 0.254 e. The van der Waals surface area contributed by atoms with Crippen LogP contribution < -0.4 is 0 Å². The predicted molar refractivity (Wildman–Crippen MR) is 73.7 cm³/mol. The van der Waals surface area contributed by atoms with E-state index in [1.54, 1.807) is 12.1 Å². The molecule has 0 saturated carbocycles. The SMILES string of the molecule is N#CCCN(Cc1ccco1)S(=O)(=O)c1cnc(Cl)s1. The summed E-state index contributed by atoms with van der Waals surface area (Å²) in [4.78, 5) is 3.73. The highest BCUT2D eigenvalue weighted by Gasteiger charge is 2.27. The largest absolute Gasteiger partial charge is 0.468 e. The Bertz CT molecular complexity index is 704. The molecule has 0 bridgehead atoms. The second-order valence-corrected chi connectivity index (χ2v) is 7.54. The van der Waals surface area contributed by atoms with Crippen LogP contribution in [-0.4, -0.2) is 24.3 Å². The molecule has 0 spiro atoms. The Hall–Kier alpha value is -1.40. The predicted octanol–water partition coefficient (Wildman–Crippen LogP) is 2.49. The van der Waals surface area contributed by atoms with Crippen LogP contribution in [0.3, 0.4) is 0 Å². The van der Waals surface area contributed by atoms with Crippen LogP contribution in [0.4, 0.5) is 0 Å². The van der Waals surface area contributed by atoms with Gasteiger partial charge in [-0.3, -0.25) is 0 Å². The maximum Gasteiger partial charge on any atom is 0.254 e. The molecule has 0 aliphatic heterocycles. The number of halogens is 1. The number of sulfonamides is 1. The molecular formula is C11H10ClN3O3S2. The second kappa shape index (κ2) is 6.37. The summed E-state index contributed by atoms with van der Waals surface area (Å²) in [6.45, 7) is 0.140. The first-order chi connectivity index (χ1) is 9.54. The average molecular weight is 332 g/mol. The van der Waals surface area contributed by atoms with Gasteiger partial charge < -0.3 is 4.42 Å². The molecule has 2 aromatic rings. The summed E-state index contributed by atoms with van der Waals surface area (Å²) in [6, 6.07) is 5.28. The van der Waals surface area contributed by atoms with E-state index in [2.05, 4.69) is 4.98 Å². The molecule has 0 fully saturated rings. The number of aromatic nitrogens is 1. The highest BCUT2D eigenvalue weighted by Crippen LogP contribution is 2.26.